The molecule has 4 nitrogen and oxygen atoms in total. The third-order valence-electron chi connectivity index (χ3n) is 9.02. The zero-order valence-corrected chi connectivity index (χ0v) is 28.5. The average molecular weight is 636 g/mol. The zero-order valence-electron chi connectivity index (χ0n) is 27.4. The number of hydrogen-bond acceptors (Lipinski definition) is 4. The van der Waals surface area contributed by atoms with Crippen molar-refractivity contribution in [3.63, 3.8) is 0 Å². The molecule has 0 aliphatic heterocycles. The summed E-state index contributed by atoms with van der Waals surface area (Å²) in [6, 6.07) is 48.4. The Bertz CT molecular complexity index is 1820. The van der Waals surface area contributed by atoms with Gasteiger partial charge in [0, 0.05) is 23.1 Å². The minimum absolute atomic E-state index is 0.0121. The van der Waals surface area contributed by atoms with Crippen LogP contribution in [-0.2, 0) is 33.4 Å². The maximum atomic E-state index is 7.52. The van der Waals surface area contributed by atoms with E-state index in [1.165, 1.54) is 21.5 Å². The lowest BCUT2D eigenvalue weighted by Crippen LogP contribution is -2.52. The SMILES string of the molecule is CC(C)(C)c1cccc2c1CCC[C@@]2(OCc1nc(-c2ccccc2)c(-c2ccccc2)o1)O[SiH](c1ccccc1)c1ccccc1. The molecule has 1 heterocycles. The summed E-state index contributed by atoms with van der Waals surface area (Å²) in [4.78, 5) is 5.04. The fourth-order valence-electron chi connectivity index (χ4n) is 6.81. The fourth-order valence-corrected chi connectivity index (χ4v) is 9.30. The molecular weight excluding hydrogens is 595 g/mol. The van der Waals surface area contributed by atoms with E-state index in [-0.39, 0.29) is 12.0 Å². The van der Waals surface area contributed by atoms with Crippen LogP contribution in [0, 0.1) is 0 Å². The highest BCUT2D eigenvalue weighted by Gasteiger charge is 2.43. The van der Waals surface area contributed by atoms with Crippen LogP contribution in [-0.4, -0.2) is 14.0 Å². The van der Waals surface area contributed by atoms with Crippen LogP contribution >= 0.6 is 0 Å². The van der Waals surface area contributed by atoms with E-state index >= 15 is 0 Å². The van der Waals surface area contributed by atoms with Crippen molar-refractivity contribution < 1.29 is 13.6 Å². The zero-order chi connectivity index (χ0) is 32.3. The summed E-state index contributed by atoms with van der Waals surface area (Å²) in [6.45, 7) is 7.04. The molecule has 6 aromatic rings. The summed E-state index contributed by atoms with van der Waals surface area (Å²) >= 11 is 0. The molecule has 1 atom stereocenters. The van der Waals surface area contributed by atoms with Crippen LogP contribution in [0.25, 0.3) is 22.6 Å². The molecule has 0 radical (unpaired) electrons. The van der Waals surface area contributed by atoms with Gasteiger partial charge in [-0.15, -0.1) is 0 Å². The first-order valence-electron chi connectivity index (χ1n) is 16.6. The quantitative estimate of drug-likeness (QED) is 0.118. The molecule has 0 unspecified atom stereocenters. The number of hydrogen-bond donors (Lipinski definition) is 0. The summed E-state index contributed by atoms with van der Waals surface area (Å²) in [6.07, 6.45) is 2.70. The van der Waals surface area contributed by atoms with Crippen LogP contribution in [0.1, 0.15) is 56.2 Å². The van der Waals surface area contributed by atoms with Crippen LogP contribution in [0.2, 0.25) is 0 Å². The van der Waals surface area contributed by atoms with Crippen molar-refractivity contribution in [1.29, 1.82) is 0 Å². The van der Waals surface area contributed by atoms with Crippen molar-refractivity contribution >= 4 is 19.4 Å². The predicted molar refractivity (Wildman–Crippen MR) is 192 cm³/mol. The highest BCUT2D eigenvalue weighted by atomic mass is 28.3. The third kappa shape index (κ3) is 6.52. The molecule has 0 saturated heterocycles. The molecule has 0 N–H and O–H groups in total. The highest BCUT2D eigenvalue weighted by Crippen LogP contribution is 2.44. The van der Waals surface area contributed by atoms with E-state index in [9.17, 15) is 0 Å². The van der Waals surface area contributed by atoms with Crippen molar-refractivity contribution in [3.8, 4) is 22.6 Å². The Kier molecular flexibility index (Phi) is 8.78. The summed E-state index contributed by atoms with van der Waals surface area (Å²) in [5, 5.41) is 2.43. The Hall–Kier alpha value is -4.55. The highest BCUT2D eigenvalue weighted by molar-refractivity contribution is 6.80. The predicted octanol–water partition coefficient (Wildman–Crippen LogP) is 8.57. The lowest BCUT2D eigenvalue weighted by atomic mass is 9.76. The normalized spacial score (nSPS) is 16.3. The number of fused-ring (bicyclic) bond motifs is 1. The van der Waals surface area contributed by atoms with E-state index < -0.39 is 14.8 Å². The lowest BCUT2D eigenvalue weighted by Gasteiger charge is -2.42. The van der Waals surface area contributed by atoms with Crippen LogP contribution in [0.4, 0.5) is 0 Å². The second kappa shape index (κ2) is 13.3. The van der Waals surface area contributed by atoms with Crippen LogP contribution in [0.15, 0.2) is 144 Å². The summed E-state index contributed by atoms with van der Waals surface area (Å²) in [5.74, 6) is 0.304. The van der Waals surface area contributed by atoms with Gasteiger partial charge in [0.15, 0.2) is 11.5 Å². The van der Waals surface area contributed by atoms with E-state index in [1.54, 1.807) is 0 Å². The Balaban J connectivity index is 1.33. The molecule has 0 fully saturated rings. The first-order valence-corrected chi connectivity index (χ1v) is 18.2. The van der Waals surface area contributed by atoms with Crippen molar-refractivity contribution in [3.05, 3.63) is 162 Å². The Labute approximate surface area is 279 Å². The van der Waals surface area contributed by atoms with Gasteiger partial charge in [-0.2, -0.15) is 0 Å². The van der Waals surface area contributed by atoms with Gasteiger partial charge in [0.2, 0.25) is 14.9 Å². The molecule has 0 amide bonds. The number of nitrogens with zero attached hydrogens (tertiary/aromatic N) is 1. The molecule has 1 aliphatic rings. The van der Waals surface area contributed by atoms with Crippen molar-refractivity contribution in [2.24, 2.45) is 0 Å². The first kappa shape index (κ1) is 31.1. The molecule has 1 aromatic heterocycles. The molecule has 47 heavy (non-hydrogen) atoms. The van der Waals surface area contributed by atoms with Gasteiger partial charge < -0.3 is 13.6 Å². The van der Waals surface area contributed by atoms with Crippen molar-refractivity contribution in [2.45, 2.75) is 57.8 Å². The Morgan fingerprint density at radius 1 is 0.702 bits per heavy atom. The number of benzene rings is 5. The van der Waals surface area contributed by atoms with E-state index in [0.29, 0.717) is 5.89 Å². The van der Waals surface area contributed by atoms with Gasteiger partial charge in [0.05, 0.1) is 0 Å². The third-order valence-corrected chi connectivity index (χ3v) is 11.6. The molecule has 236 valence electrons. The monoisotopic (exact) mass is 635 g/mol. The van der Waals surface area contributed by atoms with Gasteiger partial charge in [-0.05, 0) is 39.8 Å². The largest absolute Gasteiger partial charge is 0.437 e. The van der Waals surface area contributed by atoms with Gasteiger partial charge in [-0.3, -0.25) is 0 Å². The number of rotatable bonds is 9. The molecule has 7 rings (SSSR count). The summed E-state index contributed by atoms with van der Waals surface area (Å²) in [5.41, 5.74) is 6.59. The van der Waals surface area contributed by atoms with Crippen LogP contribution in [0.3, 0.4) is 0 Å². The molecule has 5 aromatic carbocycles. The lowest BCUT2D eigenvalue weighted by molar-refractivity contribution is -0.214. The summed E-state index contributed by atoms with van der Waals surface area (Å²) < 4.78 is 21.2. The Morgan fingerprint density at radius 2 is 1.28 bits per heavy atom. The maximum Gasteiger partial charge on any atom is 0.244 e. The van der Waals surface area contributed by atoms with Gasteiger partial charge in [-0.1, -0.05) is 160 Å². The van der Waals surface area contributed by atoms with E-state index in [1.807, 2.05) is 36.4 Å². The molecule has 0 bridgehead atoms. The fraction of sp³-hybridized carbons (Fsp3) is 0.214. The van der Waals surface area contributed by atoms with E-state index in [0.717, 1.165) is 47.4 Å². The number of oxazole rings is 1. The van der Waals surface area contributed by atoms with E-state index in [4.69, 9.17) is 18.6 Å². The van der Waals surface area contributed by atoms with Crippen molar-refractivity contribution in [1.82, 2.24) is 4.98 Å². The van der Waals surface area contributed by atoms with Gasteiger partial charge in [0.1, 0.15) is 12.3 Å². The van der Waals surface area contributed by atoms with Gasteiger partial charge >= 0.3 is 0 Å². The van der Waals surface area contributed by atoms with E-state index in [2.05, 4.69) is 124 Å². The minimum atomic E-state index is -2.21. The second-order valence-electron chi connectivity index (χ2n) is 13.3. The van der Waals surface area contributed by atoms with Gasteiger partial charge in [0.25, 0.3) is 0 Å². The Morgan fingerprint density at radius 3 is 1.87 bits per heavy atom. The average Bonchev–Trinajstić information content (AvgIpc) is 3.55. The number of aromatic nitrogens is 1. The molecular formula is C42H41NO3Si. The van der Waals surface area contributed by atoms with Crippen molar-refractivity contribution in [2.75, 3.05) is 0 Å². The smallest absolute Gasteiger partial charge is 0.244 e. The van der Waals surface area contributed by atoms with Gasteiger partial charge in [-0.25, -0.2) is 4.98 Å². The maximum absolute atomic E-state index is 7.52. The molecule has 0 spiro atoms. The number of ether oxygens (including phenoxy) is 1. The summed E-state index contributed by atoms with van der Waals surface area (Å²) in [7, 11) is -2.21. The standard InChI is InChI=1S/C42H41NO3Si/c1-41(2,3)36-27-16-28-37-35(36)26-17-29-42(37,46-47(33-22-12-6-13-23-33)34-24-14-7-15-25-34)44-30-38-43-39(31-18-8-4-9-19-31)40(45-38)32-20-10-5-11-21-32/h4-16,18-25,27-28,47H,17,26,29-30H2,1-3H3/t42-/m1/s1. The topological polar surface area (TPSA) is 44.5 Å². The second-order valence-corrected chi connectivity index (χ2v) is 15.6. The molecule has 1 aliphatic carbocycles. The minimum Gasteiger partial charge on any atom is -0.437 e. The molecule has 0 saturated carbocycles. The van der Waals surface area contributed by atoms with Crippen LogP contribution < -0.4 is 10.4 Å². The molecule has 5 heteroatoms. The van der Waals surface area contributed by atoms with Crippen LogP contribution in [0.5, 0.6) is 0 Å². The first-order chi connectivity index (χ1) is 22.9.